The Bertz CT molecular complexity index is 526. The molecule has 1 aromatic carbocycles. The average Bonchev–Trinajstić information content (AvgIpc) is 2.48. The molecule has 3 heterocycles. The molecule has 1 unspecified atom stereocenters. The van der Waals surface area contributed by atoms with Gasteiger partial charge in [0.2, 0.25) is 0 Å². The van der Waals surface area contributed by atoms with Crippen molar-refractivity contribution in [3.63, 3.8) is 0 Å². The van der Waals surface area contributed by atoms with E-state index in [1.165, 1.54) is 25.9 Å². The maximum absolute atomic E-state index is 11.4. The third-order valence-electron chi connectivity index (χ3n) is 4.58. The number of anilines is 2. The summed E-state index contributed by atoms with van der Waals surface area (Å²) in [7, 11) is 0. The highest BCUT2D eigenvalue weighted by molar-refractivity contribution is 5.76. The van der Waals surface area contributed by atoms with Crippen molar-refractivity contribution in [1.29, 1.82) is 0 Å². The number of nitro benzene ring substituents is 1. The van der Waals surface area contributed by atoms with E-state index in [-0.39, 0.29) is 10.6 Å². The van der Waals surface area contributed by atoms with Gasteiger partial charge < -0.3 is 15.5 Å². The summed E-state index contributed by atoms with van der Waals surface area (Å²) >= 11 is 0. The Morgan fingerprint density at radius 1 is 1.33 bits per heavy atom. The minimum Gasteiger partial charge on any atom is -0.380 e. The predicted octanol–water partition coefficient (Wildman–Crippen LogP) is 2.53. The molecule has 3 fully saturated rings. The summed E-state index contributed by atoms with van der Waals surface area (Å²) in [5.41, 5.74) is 1.39. The number of hydrogen-bond acceptors (Lipinski definition) is 5. The Morgan fingerprint density at radius 2 is 2.05 bits per heavy atom. The van der Waals surface area contributed by atoms with Crippen molar-refractivity contribution in [3.8, 4) is 0 Å². The average molecular weight is 290 g/mol. The lowest BCUT2D eigenvalue weighted by atomic mass is 9.84. The van der Waals surface area contributed by atoms with Crippen LogP contribution >= 0.6 is 0 Å². The summed E-state index contributed by atoms with van der Waals surface area (Å²) in [6.45, 7) is 5.94. The Balaban J connectivity index is 1.84. The second-order valence-corrected chi connectivity index (χ2v) is 5.88. The summed E-state index contributed by atoms with van der Waals surface area (Å²) in [6.07, 6.45) is 2.39. The van der Waals surface area contributed by atoms with Gasteiger partial charge in [-0.05, 0) is 50.9 Å². The molecule has 0 saturated carbocycles. The van der Waals surface area contributed by atoms with Gasteiger partial charge in [-0.25, -0.2) is 0 Å². The number of hydrogen-bond donors (Lipinski definition) is 2. The molecule has 4 rings (SSSR count). The van der Waals surface area contributed by atoms with Gasteiger partial charge in [-0.1, -0.05) is 6.07 Å². The molecule has 2 bridgehead atoms. The van der Waals surface area contributed by atoms with E-state index >= 15 is 0 Å². The van der Waals surface area contributed by atoms with Crippen LogP contribution in [0, 0.1) is 16.0 Å². The smallest absolute Gasteiger partial charge is 0.315 e. The van der Waals surface area contributed by atoms with Crippen LogP contribution < -0.4 is 10.6 Å². The number of para-hydroxylation sites is 1. The van der Waals surface area contributed by atoms with Crippen molar-refractivity contribution in [2.45, 2.75) is 25.8 Å². The first kappa shape index (κ1) is 14.1. The zero-order valence-electron chi connectivity index (χ0n) is 12.3. The summed E-state index contributed by atoms with van der Waals surface area (Å²) in [5, 5.41) is 17.9. The molecule has 0 amide bonds. The fourth-order valence-corrected chi connectivity index (χ4v) is 3.52. The molecule has 6 heteroatoms. The molecule has 3 aliphatic heterocycles. The normalized spacial score (nSPS) is 27.4. The van der Waals surface area contributed by atoms with Crippen LogP contribution in [0.1, 0.15) is 19.8 Å². The monoisotopic (exact) mass is 290 g/mol. The van der Waals surface area contributed by atoms with Gasteiger partial charge >= 0.3 is 5.69 Å². The highest BCUT2D eigenvalue weighted by Gasteiger charge is 2.35. The topological polar surface area (TPSA) is 70.4 Å². The zero-order valence-corrected chi connectivity index (χ0v) is 12.3. The number of nitrogens with one attached hydrogen (secondary N) is 2. The summed E-state index contributed by atoms with van der Waals surface area (Å²) < 4.78 is 0. The Labute approximate surface area is 124 Å². The molecular formula is C15H22N4O2. The zero-order chi connectivity index (χ0) is 14.8. The van der Waals surface area contributed by atoms with Gasteiger partial charge in [-0.2, -0.15) is 0 Å². The molecule has 21 heavy (non-hydrogen) atoms. The van der Waals surface area contributed by atoms with Crippen molar-refractivity contribution >= 4 is 17.1 Å². The second kappa shape index (κ2) is 5.89. The molecule has 0 aliphatic carbocycles. The van der Waals surface area contributed by atoms with E-state index in [2.05, 4.69) is 15.5 Å². The van der Waals surface area contributed by atoms with Gasteiger partial charge in [-0.15, -0.1) is 0 Å². The van der Waals surface area contributed by atoms with Gasteiger partial charge in [0.05, 0.1) is 4.92 Å². The molecular weight excluding hydrogens is 268 g/mol. The summed E-state index contributed by atoms with van der Waals surface area (Å²) in [5.74, 6) is 0.636. The Hall–Kier alpha value is -1.82. The molecule has 0 aromatic heterocycles. The molecule has 2 N–H and O–H groups in total. The van der Waals surface area contributed by atoms with Gasteiger partial charge in [0.15, 0.2) is 0 Å². The minimum atomic E-state index is -0.290. The predicted molar refractivity (Wildman–Crippen MR) is 83.8 cm³/mol. The van der Waals surface area contributed by atoms with Gasteiger partial charge in [0, 0.05) is 19.1 Å². The van der Waals surface area contributed by atoms with Crippen molar-refractivity contribution in [2.24, 2.45) is 5.92 Å². The van der Waals surface area contributed by atoms with E-state index in [9.17, 15) is 10.1 Å². The van der Waals surface area contributed by atoms with Crippen molar-refractivity contribution in [3.05, 3.63) is 28.3 Å². The third kappa shape index (κ3) is 2.81. The van der Waals surface area contributed by atoms with Crippen LogP contribution in [0.25, 0.3) is 0 Å². The summed E-state index contributed by atoms with van der Waals surface area (Å²) in [4.78, 5) is 13.6. The van der Waals surface area contributed by atoms with Crippen molar-refractivity contribution in [1.82, 2.24) is 4.90 Å². The lowest BCUT2D eigenvalue weighted by molar-refractivity contribution is -0.383. The van der Waals surface area contributed by atoms with E-state index < -0.39 is 0 Å². The highest BCUT2D eigenvalue weighted by atomic mass is 16.6. The first-order valence-corrected chi connectivity index (χ1v) is 7.69. The number of fused-ring (bicyclic) bond motifs is 3. The second-order valence-electron chi connectivity index (χ2n) is 5.88. The first-order valence-electron chi connectivity index (χ1n) is 7.69. The molecule has 6 nitrogen and oxygen atoms in total. The SMILES string of the molecule is CCNc1cccc(NC2CN3CCC2CC3)c1[N+](=O)[O-]. The quantitative estimate of drug-likeness (QED) is 0.644. The number of rotatable bonds is 5. The van der Waals surface area contributed by atoms with Crippen molar-refractivity contribution in [2.75, 3.05) is 36.8 Å². The van der Waals surface area contributed by atoms with E-state index in [1.807, 2.05) is 19.1 Å². The van der Waals surface area contributed by atoms with Crippen LogP contribution in [0.4, 0.5) is 17.1 Å². The molecule has 0 radical (unpaired) electrons. The van der Waals surface area contributed by atoms with Crippen LogP contribution in [0.2, 0.25) is 0 Å². The first-order chi connectivity index (χ1) is 10.2. The van der Waals surface area contributed by atoms with E-state index in [1.54, 1.807) is 6.07 Å². The molecule has 1 atom stereocenters. The number of nitrogens with zero attached hydrogens (tertiary/aromatic N) is 2. The fourth-order valence-electron chi connectivity index (χ4n) is 3.52. The van der Waals surface area contributed by atoms with E-state index in [0.717, 1.165) is 6.54 Å². The lowest BCUT2D eigenvalue weighted by Gasteiger charge is -2.45. The van der Waals surface area contributed by atoms with Crippen LogP contribution in [0.5, 0.6) is 0 Å². The summed E-state index contributed by atoms with van der Waals surface area (Å²) in [6, 6.07) is 5.78. The maximum Gasteiger partial charge on any atom is 0.315 e. The van der Waals surface area contributed by atoms with Crippen molar-refractivity contribution < 1.29 is 4.92 Å². The molecule has 114 valence electrons. The van der Waals surface area contributed by atoms with Gasteiger partial charge in [0.25, 0.3) is 0 Å². The van der Waals surface area contributed by atoms with Gasteiger partial charge in [0.1, 0.15) is 11.4 Å². The fraction of sp³-hybridized carbons (Fsp3) is 0.600. The highest BCUT2D eigenvalue weighted by Crippen LogP contribution is 2.36. The molecule has 0 spiro atoms. The van der Waals surface area contributed by atoms with Crippen LogP contribution in [0.15, 0.2) is 18.2 Å². The number of benzene rings is 1. The van der Waals surface area contributed by atoms with Crippen LogP contribution in [0.3, 0.4) is 0 Å². The minimum absolute atomic E-state index is 0.163. The van der Waals surface area contributed by atoms with E-state index in [4.69, 9.17) is 0 Å². The molecule has 3 saturated heterocycles. The number of nitro groups is 1. The Kier molecular flexibility index (Phi) is 3.96. The largest absolute Gasteiger partial charge is 0.380 e. The molecule has 3 aliphatic rings. The number of piperidine rings is 3. The van der Waals surface area contributed by atoms with Gasteiger partial charge in [-0.3, -0.25) is 10.1 Å². The third-order valence-corrected chi connectivity index (χ3v) is 4.58. The lowest BCUT2D eigenvalue weighted by Crippen LogP contribution is -2.53. The maximum atomic E-state index is 11.4. The standard InChI is InChI=1S/C15H22N4O2/c1-2-16-12-4-3-5-13(15(12)19(20)21)17-14-10-18-8-6-11(14)7-9-18/h3-5,11,14,16-17H,2,6-10H2,1H3. The van der Waals surface area contributed by atoms with Crippen LogP contribution in [-0.2, 0) is 0 Å². The van der Waals surface area contributed by atoms with E-state index in [0.29, 0.717) is 29.9 Å². The van der Waals surface area contributed by atoms with Crippen LogP contribution in [-0.4, -0.2) is 42.0 Å². The molecule has 1 aromatic rings. The Morgan fingerprint density at radius 3 is 2.62 bits per heavy atom.